The van der Waals surface area contributed by atoms with E-state index < -0.39 is 0 Å². The highest BCUT2D eigenvalue weighted by Crippen LogP contribution is 2.23. The van der Waals surface area contributed by atoms with Gasteiger partial charge in [0, 0.05) is 11.6 Å². The molecule has 1 aromatic heterocycles. The van der Waals surface area contributed by atoms with Gasteiger partial charge in [-0.05, 0) is 60.1 Å². The summed E-state index contributed by atoms with van der Waals surface area (Å²) in [6.07, 6.45) is 3.15. The third kappa shape index (κ3) is 5.08. The standard InChI is InChI=1S/C16H26N2O/c1-12-10-15(14(3)19-12)13(2)18-9-7-6-8-16(4,5)11-17/h10,13,18H,6-9H2,1-5H3. The largest absolute Gasteiger partial charge is 0.466 e. The molecule has 1 atom stereocenters. The summed E-state index contributed by atoms with van der Waals surface area (Å²) in [4.78, 5) is 0. The van der Waals surface area contributed by atoms with E-state index in [1.54, 1.807) is 0 Å². The average Bonchev–Trinajstić information content (AvgIpc) is 2.68. The highest BCUT2D eigenvalue weighted by Gasteiger charge is 2.16. The average molecular weight is 262 g/mol. The smallest absolute Gasteiger partial charge is 0.105 e. The highest BCUT2D eigenvalue weighted by atomic mass is 16.3. The number of rotatable bonds is 7. The van der Waals surface area contributed by atoms with Crippen molar-refractivity contribution in [3.8, 4) is 6.07 Å². The lowest BCUT2D eigenvalue weighted by Crippen LogP contribution is -2.20. The van der Waals surface area contributed by atoms with Crippen molar-refractivity contribution in [3.63, 3.8) is 0 Å². The number of nitrogens with zero attached hydrogens (tertiary/aromatic N) is 1. The molecule has 3 nitrogen and oxygen atoms in total. The van der Waals surface area contributed by atoms with E-state index in [1.807, 2.05) is 27.7 Å². The molecule has 1 rings (SSSR count). The van der Waals surface area contributed by atoms with Crippen LogP contribution >= 0.6 is 0 Å². The van der Waals surface area contributed by atoms with Crippen LogP contribution in [0.3, 0.4) is 0 Å². The Bertz CT molecular complexity index is 440. The quantitative estimate of drug-likeness (QED) is 0.747. The van der Waals surface area contributed by atoms with Crippen molar-refractivity contribution in [1.29, 1.82) is 5.26 Å². The fraction of sp³-hybridized carbons (Fsp3) is 0.688. The first kappa shape index (κ1) is 15.8. The van der Waals surface area contributed by atoms with Gasteiger partial charge in [0.15, 0.2) is 0 Å². The number of nitriles is 1. The van der Waals surface area contributed by atoms with Crippen LogP contribution in [-0.4, -0.2) is 6.54 Å². The zero-order valence-electron chi connectivity index (χ0n) is 12.8. The predicted octanol–water partition coefficient (Wildman–Crippen LogP) is 4.27. The molecule has 0 aliphatic rings. The van der Waals surface area contributed by atoms with Crippen LogP contribution in [0.1, 0.15) is 63.2 Å². The van der Waals surface area contributed by atoms with Crippen molar-refractivity contribution in [2.45, 2.75) is 59.9 Å². The number of aryl methyl sites for hydroxylation is 2. The Kier molecular flexibility index (Phi) is 5.62. The molecule has 0 saturated heterocycles. The van der Waals surface area contributed by atoms with Crippen molar-refractivity contribution in [3.05, 3.63) is 23.2 Å². The van der Waals surface area contributed by atoms with Crippen LogP contribution in [-0.2, 0) is 0 Å². The second-order valence-electron chi connectivity index (χ2n) is 6.00. The zero-order valence-corrected chi connectivity index (χ0v) is 12.8. The van der Waals surface area contributed by atoms with E-state index >= 15 is 0 Å². The molecule has 0 saturated carbocycles. The Labute approximate surface area is 117 Å². The Morgan fingerprint density at radius 1 is 1.37 bits per heavy atom. The molecule has 0 spiro atoms. The molecule has 1 heterocycles. The molecule has 1 aromatic rings. The molecule has 0 aromatic carbocycles. The molecule has 1 unspecified atom stereocenters. The summed E-state index contributed by atoms with van der Waals surface area (Å²) < 4.78 is 5.55. The SMILES string of the molecule is Cc1cc(C(C)NCCCCC(C)(C)C#N)c(C)o1. The van der Waals surface area contributed by atoms with Crippen LogP contribution in [0.15, 0.2) is 10.5 Å². The molecule has 0 bridgehead atoms. The summed E-state index contributed by atoms with van der Waals surface area (Å²) in [6.45, 7) is 11.1. The lowest BCUT2D eigenvalue weighted by molar-refractivity contribution is 0.417. The van der Waals surface area contributed by atoms with E-state index in [0.29, 0.717) is 6.04 Å². The summed E-state index contributed by atoms with van der Waals surface area (Å²) in [7, 11) is 0. The second kappa shape index (κ2) is 6.77. The first-order chi connectivity index (χ1) is 8.85. The number of hydrogen-bond donors (Lipinski definition) is 1. The minimum absolute atomic E-state index is 0.191. The van der Waals surface area contributed by atoms with Gasteiger partial charge in [-0.15, -0.1) is 0 Å². The van der Waals surface area contributed by atoms with Gasteiger partial charge in [0.05, 0.1) is 11.5 Å². The molecule has 0 radical (unpaired) electrons. The Morgan fingerprint density at radius 3 is 2.58 bits per heavy atom. The topological polar surface area (TPSA) is 49.0 Å². The molecular weight excluding hydrogens is 236 g/mol. The van der Waals surface area contributed by atoms with Gasteiger partial charge in [-0.2, -0.15) is 5.26 Å². The first-order valence-electron chi connectivity index (χ1n) is 7.07. The maximum absolute atomic E-state index is 8.94. The van der Waals surface area contributed by atoms with E-state index in [0.717, 1.165) is 37.3 Å². The molecule has 19 heavy (non-hydrogen) atoms. The van der Waals surface area contributed by atoms with Crippen LogP contribution in [0.4, 0.5) is 0 Å². The number of unbranched alkanes of at least 4 members (excludes halogenated alkanes) is 1. The third-order valence-corrected chi connectivity index (χ3v) is 3.53. The molecule has 0 fully saturated rings. The Balaban J connectivity index is 2.27. The molecule has 0 aliphatic carbocycles. The normalized spacial score (nSPS) is 13.3. The van der Waals surface area contributed by atoms with Gasteiger partial charge < -0.3 is 9.73 Å². The van der Waals surface area contributed by atoms with Gasteiger partial charge in [0.2, 0.25) is 0 Å². The van der Waals surface area contributed by atoms with Crippen molar-refractivity contribution in [2.24, 2.45) is 5.41 Å². The van der Waals surface area contributed by atoms with Gasteiger partial charge in [0.1, 0.15) is 11.5 Å². The molecule has 1 N–H and O–H groups in total. The second-order valence-corrected chi connectivity index (χ2v) is 6.00. The lowest BCUT2D eigenvalue weighted by Gasteiger charge is -2.16. The number of furan rings is 1. The molecule has 0 aliphatic heterocycles. The first-order valence-corrected chi connectivity index (χ1v) is 7.07. The maximum atomic E-state index is 8.94. The number of nitrogens with one attached hydrogen (secondary N) is 1. The van der Waals surface area contributed by atoms with Crippen LogP contribution < -0.4 is 5.32 Å². The molecular formula is C16H26N2O. The van der Waals surface area contributed by atoms with Gasteiger partial charge in [-0.1, -0.05) is 6.42 Å². The van der Waals surface area contributed by atoms with Gasteiger partial charge in [-0.3, -0.25) is 0 Å². The van der Waals surface area contributed by atoms with Gasteiger partial charge in [-0.25, -0.2) is 0 Å². The highest BCUT2D eigenvalue weighted by molar-refractivity contribution is 5.23. The van der Waals surface area contributed by atoms with Crippen molar-refractivity contribution < 1.29 is 4.42 Å². The van der Waals surface area contributed by atoms with Crippen molar-refractivity contribution in [2.75, 3.05) is 6.54 Å². The van der Waals surface area contributed by atoms with E-state index in [9.17, 15) is 0 Å². The summed E-state index contributed by atoms with van der Waals surface area (Å²) in [5, 5.41) is 12.5. The van der Waals surface area contributed by atoms with Crippen LogP contribution in [0.5, 0.6) is 0 Å². The Morgan fingerprint density at radius 2 is 2.05 bits per heavy atom. The van der Waals surface area contributed by atoms with Gasteiger partial charge >= 0.3 is 0 Å². The van der Waals surface area contributed by atoms with Gasteiger partial charge in [0.25, 0.3) is 0 Å². The summed E-state index contributed by atoms with van der Waals surface area (Å²) in [5.41, 5.74) is 1.05. The van der Waals surface area contributed by atoms with Crippen LogP contribution in [0.2, 0.25) is 0 Å². The Hall–Kier alpha value is -1.27. The molecule has 106 valence electrons. The van der Waals surface area contributed by atoms with Crippen molar-refractivity contribution in [1.82, 2.24) is 5.32 Å². The van der Waals surface area contributed by atoms with E-state index in [1.165, 1.54) is 5.56 Å². The minimum atomic E-state index is -0.191. The monoisotopic (exact) mass is 262 g/mol. The van der Waals surface area contributed by atoms with Crippen molar-refractivity contribution >= 4 is 0 Å². The van der Waals surface area contributed by atoms with E-state index in [4.69, 9.17) is 9.68 Å². The van der Waals surface area contributed by atoms with Crippen LogP contribution in [0, 0.1) is 30.6 Å². The lowest BCUT2D eigenvalue weighted by atomic mass is 9.89. The number of hydrogen-bond acceptors (Lipinski definition) is 3. The molecule has 0 amide bonds. The van der Waals surface area contributed by atoms with Crippen LogP contribution in [0.25, 0.3) is 0 Å². The fourth-order valence-electron chi connectivity index (χ4n) is 2.26. The molecule has 3 heteroatoms. The summed E-state index contributed by atoms with van der Waals surface area (Å²) >= 11 is 0. The predicted molar refractivity (Wildman–Crippen MR) is 77.8 cm³/mol. The minimum Gasteiger partial charge on any atom is -0.466 e. The zero-order chi connectivity index (χ0) is 14.5. The van der Waals surface area contributed by atoms with E-state index in [-0.39, 0.29) is 5.41 Å². The van der Waals surface area contributed by atoms with E-state index in [2.05, 4.69) is 24.4 Å². The fourth-order valence-corrected chi connectivity index (χ4v) is 2.26. The third-order valence-electron chi connectivity index (χ3n) is 3.53. The maximum Gasteiger partial charge on any atom is 0.105 e. The summed E-state index contributed by atoms with van der Waals surface area (Å²) in [5.74, 6) is 1.97. The summed E-state index contributed by atoms with van der Waals surface area (Å²) in [6, 6.07) is 4.77.